The number of hydrogen-bond donors (Lipinski definition) is 1. The number of nitrogens with zero attached hydrogens (tertiary/aromatic N) is 2. The number of amides is 1. The molecule has 0 radical (unpaired) electrons. The van der Waals surface area contributed by atoms with Crippen molar-refractivity contribution in [2.24, 2.45) is 5.92 Å². The van der Waals surface area contributed by atoms with Crippen molar-refractivity contribution in [3.8, 4) is 0 Å². The summed E-state index contributed by atoms with van der Waals surface area (Å²) in [6, 6.07) is 10.5. The topological polar surface area (TPSA) is 117 Å². The number of likely N-dealkylation sites (tertiary alicyclic amines) is 1. The minimum absolute atomic E-state index is 0.0854. The van der Waals surface area contributed by atoms with Gasteiger partial charge in [0, 0.05) is 42.3 Å². The van der Waals surface area contributed by atoms with E-state index in [9.17, 15) is 22.8 Å². The Bertz CT molecular complexity index is 1460. The number of aromatic nitrogens is 1. The molecular formula is C25H26ClN3O6S. The van der Waals surface area contributed by atoms with E-state index in [4.69, 9.17) is 16.3 Å². The van der Waals surface area contributed by atoms with Crippen LogP contribution in [0.2, 0.25) is 5.02 Å². The van der Waals surface area contributed by atoms with Crippen molar-refractivity contribution < 1.29 is 22.7 Å². The van der Waals surface area contributed by atoms with Crippen molar-refractivity contribution >= 4 is 50.1 Å². The maximum atomic E-state index is 13.3. The minimum atomic E-state index is -3.99. The fraction of sp³-hybridized carbons (Fsp3) is 0.320. The summed E-state index contributed by atoms with van der Waals surface area (Å²) < 4.78 is 32.6. The van der Waals surface area contributed by atoms with Gasteiger partial charge in [0.15, 0.2) is 0 Å². The molecule has 0 atom stereocenters. The first-order valence-corrected chi connectivity index (χ1v) is 13.3. The first kappa shape index (κ1) is 25.7. The number of nitrogens with one attached hydrogen (secondary N) is 1. The number of hydrogen-bond acceptors (Lipinski definition) is 6. The summed E-state index contributed by atoms with van der Waals surface area (Å²) in [6.07, 6.45) is 2.25. The van der Waals surface area contributed by atoms with Gasteiger partial charge < -0.3 is 14.6 Å². The fourth-order valence-corrected chi connectivity index (χ4v) is 5.56. The Morgan fingerprint density at radius 3 is 2.44 bits per heavy atom. The highest BCUT2D eigenvalue weighted by molar-refractivity contribution is 7.92. The van der Waals surface area contributed by atoms with Crippen LogP contribution in [0.4, 0.5) is 5.69 Å². The largest absolute Gasteiger partial charge is 0.466 e. The van der Waals surface area contributed by atoms with Crippen LogP contribution in [0, 0.1) is 5.92 Å². The highest BCUT2D eigenvalue weighted by atomic mass is 35.5. The molecule has 0 unspecified atom stereocenters. The maximum absolute atomic E-state index is 13.3. The summed E-state index contributed by atoms with van der Waals surface area (Å²) in [5.41, 5.74) is 0.166. The summed E-state index contributed by atoms with van der Waals surface area (Å²) >= 11 is 5.90. The smallest absolute Gasteiger partial charge is 0.309 e. The summed E-state index contributed by atoms with van der Waals surface area (Å²) in [4.78, 5) is 42.7. The van der Waals surface area contributed by atoms with Crippen LogP contribution in [-0.2, 0) is 19.6 Å². The van der Waals surface area contributed by atoms with Crippen LogP contribution in [0.5, 0.6) is 0 Å². The molecule has 2 aromatic carbocycles. The Morgan fingerprint density at radius 2 is 1.81 bits per heavy atom. The number of benzene rings is 2. The number of esters is 1. The van der Waals surface area contributed by atoms with Gasteiger partial charge in [0.25, 0.3) is 15.9 Å². The Kier molecular flexibility index (Phi) is 7.37. The highest BCUT2D eigenvalue weighted by Gasteiger charge is 2.30. The minimum Gasteiger partial charge on any atom is -0.466 e. The molecule has 9 nitrogen and oxygen atoms in total. The molecule has 1 N–H and O–H groups in total. The van der Waals surface area contributed by atoms with Crippen LogP contribution in [0.15, 0.2) is 58.4 Å². The van der Waals surface area contributed by atoms with Crippen LogP contribution in [0.3, 0.4) is 0 Å². The van der Waals surface area contributed by atoms with E-state index >= 15 is 0 Å². The summed E-state index contributed by atoms with van der Waals surface area (Å²) in [5.74, 6) is -1.01. The number of rotatable bonds is 6. The van der Waals surface area contributed by atoms with Crippen molar-refractivity contribution in [1.29, 1.82) is 0 Å². The number of pyridine rings is 1. The van der Waals surface area contributed by atoms with Crippen molar-refractivity contribution in [1.82, 2.24) is 9.88 Å². The van der Waals surface area contributed by atoms with Crippen LogP contribution < -0.4 is 9.73 Å². The van der Waals surface area contributed by atoms with E-state index in [1.165, 1.54) is 36.3 Å². The Hall–Kier alpha value is -3.37. The Morgan fingerprint density at radius 1 is 1.14 bits per heavy atom. The number of H-pyrrole nitrogens is 1. The van der Waals surface area contributed by atoms with Crippen molar-refractivity contribution in [3.63, 3.8) is 0 Å². The number of halogens is 1. The van der Waals surface area contributed by atoms with E-state index < -0.39 is 21.4 Å². The van der Waals surface area contributed by atoms with E-state index in [0.717, 1.165) is 4.31 Å². The molecule has 1 aromatic heterocycles. The van der Waals surface area contributed by atoms with E-state index in [1.807, 2.05) is 0 Å². The highest BCUT2D eigenvalue weighted by Crippen LogP contribution is 2.25. The zero-order valence-corrected chi connectivity index (χ0v) is 21.4. The van der Waals surface area contributed by atoms with Crippen LogP contribution in [0.1, 0.15) is 30.1 Å². The third kappa shape index (κ3) is 4.96. The van der Waals surface area contributed by atoms with Gasteiger partial charge in [-0.1, -0.05) is 11.6 Å². The Labute approximate surface area is 213 Å². The third-order valence-corrected chi connectivity index (χ3v) is 8.37. The van der Waals surface area contributed by atoms with Gasteiger partial charge in [-0.15, -0.1) is 0 Å². The number of carbonyl (C=O) groups excluding carboxylic acids is 2. The van der Waals surface area contributed by atoms with E-state index in [1.54, 1.807) is 31.2 Å². The molecule has 1 fully saturated rings. The quantitative estimate of drug-likeness (QED) is 0.487. The van der Waals surface area contributed by atoms with Gasteiger partial charge in [0.2, 0.25) is 5.43 Å². The molecule has 0 aliphatic carbocycles. The van der Waals surface area contributed by atoms with Gasteiger partial charge in [-0.3, -0.25) is 18.7 Å². The monoisotopic (exact) mass is 531 g/mol. The van der Waals surface area contributed by atoms with Gasteiger partial charge in [-0.05, 0) is 62.2 Å². The molecule has 190 valence electrons. The Balaban J connectivity index is 1.61. The van der Waals surface area contributed by atoms with Crippen LogP contribution in [-0.4, -0.2) is 56.9 Å². The molecule has 36 heavy (non-hydrogen) atoms. The second-order valence-corrected chi connectivity index (χ2v) is 10.9. The van der Waals surface area contributed by atoms with Crippen molar-refractivity contribution in [2.75, 3.05) is 31.0 Å². The van der Waals surface area contributed by atoms with Crippen molar-refractivity contribution in [3.05, 3.63) is 69.5 Å². The number of ether oxygens (including phenoxy) is 1. The normalized spacial score (nSPS) is 14.6. The van der Waals surface area contributed by atoms with Gasteiger partial charge in [-0.25, -0.2) is 8.42 Å². The summed E-state index contributed by atoms with van der Waals surface area (Å²) in [5, 5.41) is 0.567. The molecule has 11 heteroatoms. The predicted octanol–water partition coefficient (Wildman–Crippen LogP) is 3.42. The third-order valence-electron chi connectivity index (χ3n) is 6.33. The molecule has 0 bridgehead atoms. The first-order valence-electron chi connectivity index (χ1n) is 11.5. The van der Waals surface area contributed by atoms with Gasteiger partial charge in [0.1, 0.15) is 5.56 Å². The average Bonchev–Trinajstić information content (AvgIpc) is 2.88. The van der Waals surface area contributed by atoms with Crippen molar-refractivity contribution in [2.45, 2.75) is 24.7 Å². The summed E-state index contributed by atoms with van der Waals surface area (Å²) in [7, 11) is -2.58. The SMILES string of the molecule is CCOC(=O)C1CCN(C(=O)c2c[nH]c3ccc(S(=O)(=O)N(C)c4ccc(Cl)cc4)cc3c2=O)CC1. The molecule has 2 heterocycles. The molecule has 0 saturated carbocycles. The molecular weight excluding hydrogens is 506 g/mol. The zero-order valence-electron chi connectivity index (χ0n) is 19.9. The van der Waals surface area contributed by atoms with Gasteiger partial charge in [0.05, 0.1) is 23.1 Å². The number of sulfonamides is 1. The van der Waals surface area contributed by atoms with Crippen LogP contribution in [0.25, 0.3) is 10.9 Å². The number of aromatic amines is 1. The standard InChI is InChI=1S/C25H26ClN3O6S/c1-3-35-25(32)16-10-12-29(13-11-16)24(31)21-15-27-22-9-8-19(14-20(22)23(21)30)36(33,34)28(2)18-6-4-17(26)5-7-18/h4-9,14-16H,3,10-13H2,1-2H3,(H,27,30). The first-order chi connectivity index (χ1) is 17.1. The second kappa shape index (κ2) is 10.3. The molecule has 1 amide bonds. The van der Waals surface area contributed by atoms with Crippen LogP contribution >= 0.6 is 11.6 Å². The fourth-order valence-electron chi connectivity index (χ4n) is 4.21. The number of anilines is 1. The second-order valence-electron chi connectivity index (χ2n) is 8.51. The zero-order chi connectivity index (χ0) is 26.0. The predicted molar refractivity (Wildman–Crippen MR) is 137 cm³/mol. The lowest BCUT2D eigenvalue weighted by Gasteiger charge is -2.30. The molecule has 3 aromatic rings. The molecule has 4 rings (SSSR count). The lowest BCUT2D eigenvalue weighted by molar-refractivity contribution is -0.149. The molecule has 1 aliphatic heterocycles. The lowest BCUT2D eigenvalue weighted by atomic mass is 9.96. The average molecular weight is 532 g/mol. The molecule has 0 spiro atoms. The number of piperidine rings is 1. The van der Waals surface area contributed by atoms with E-state index in [2.05, 4.69) is 4.98 Å². The van der Waals surface area contributed by atoms with E-state index in [-0.39, 0.29) is 27.7 Å². The lowest BCUT2D eigenvalue weighted by Crippen LogP contribution is -2.42. The molecule has 1 aliphatic rings. The van der Waals surface area contributed by atoms with Gasteiger partial charge >= 0.3 is 5.97 Å². The summed E-state index contributed by atoms with van der Waals surface area (Å²) in [6.45, 7) is 2.69. The van der Waals surface area contributed by atoms with Gasteiger partial charge in [-0.2, -0.15) is 0 Å². The number of carbonyl (C=O) groups is 2. The molecule has 1 saturated heterocycles. The maximum Gasteiger partial charge on any atom is 0.309 e. The number of fused-ring (bicyclic) bond motifs is 1. The van der Waals surface area contributed by atoms with E-state index in [0.29, 0.717) is 48.8 Å².